The maximum absolute atomic E-state index is 14.6. The molecule has 0 saturated carbocycles. The van der Waals surface area contributed by atoms with Gasteiger partial charge in [-0.1, -0.05) is 18.3 Å². The third-order valence-corrected chi connectivity index (χ3v) is 9.31. The third kappa shape index (κ3) is 5.69. The van der Waals surface area contributed by atoms with Crippen LogP contribution in [0.5, 0.6) is 5.75 Å². The molecule has 12 nitrogen and oxygen atoms in total. The van der Waals surface area contributed by atoms with Gasteiger partial charge >= 0.3 is 5.69 Å². The minimum absolute atomic E-state index is 0.0898. The molecule has 3 aromatic heterocycles. The highest BCUT2D eigenvalue weighted by Crippen LogP contribution is 2.35. The Morgan fingerprint density at radius 3 is 2.50 bits per heavy atom. The van der Waals surface area contributed by atoms with Crippen molar-refractivity contribution in [3.8, 4) is 10.8 Å². The molecule has 14 heteroatoms. The SMILES string of the molecule is CCC(C)O[C@@H](Cn1c(=O)n(C(C)(C)C(=O)N2CCOCC2)c(=O)c2c(C)c(-n3nccn3)sc21)c1cc(F)ccc1OC. The number of amides is 1. The van der Waals surface area contributed by atoms with Crippen molar-refractivity contribution in [2.45, 2.75) is 65.3 Å². The van der Waals surface area contributed by atoms with Gasteiger partial charge in [-0.25, -0.2) is 13.8 Å². The Hall–Kier alpha value is -3.88. The van der Waals surface area contributed by atoms with E-state index in [0.29, 0.717) is 59.4 Å². The van der Waals surface area contributed by atoms with Crippen molar-refractivity contribution in [3.63, 3.8) is 0 Å². The van der Waals surface area contributed by atoms with Gasteiger partial charge in [0.2, 0.25) is 5.91 Å². The molecule has 1 saturated heterocycles. The summed E-state index contributed by atoms with van der Waals surface area (Å²) in [5, 5.41) is 9.29. The van der Waals surface area contributed by atoms with Gasteiger partial charge < -0.3 is 19.1 Å². The first-order valence-electron chi connectivity index (χ1n) is 14.5. The first-order chi connectivity index (χ1) is 21.0. The molecule has 1 unspecified atom stereocenters. The van der Waals surface area contributed by atoms with E-state index in [1.807, 2.05) is 13.8 Å². The van der Waals surface area contributed by atoms with Crippen LogP contribution in [-0.4, -0.2) is 74.5 Å². The van der Waals surface area contributed by atoms with Gasteiger partial charge in [0.1, 0.15) is 33.0 Å². The molecule has 1 aliphatic rings. The molecule has 44 heavy (non-hydrogen) atoms. The summed E-state index contributed by atoms with van der Waals surface area (Å²) in [7, 11) is 1.48. The molecule has 2 atom stereocenters. The van der Waals surface area contributed by atoms with Gasteiger partial charge in [0.25, 0.3) is 5.56 Å². The summed E-state index contributed by atoms with van der Waals surface area (Å²) in [4.78, 5) is 46.0. The first kappa shape index (κ1) is 31.5. The molecule has 1 aromatic carbocycles. The van der Waals surface area contributed by atoms with Crippen LogP contribution in [0.1, 0.15) is 51.3 Å². The molecule has 0 radical (unpaired) electrons. The fourth-order valence-electron chi connectivity index (χ4n) is 5.46. The number of benzene rings is 1. The summed E-state index contributed by atoms with van der Waals surface area (Å²) >= 11 is 1.18. The summed E-state index contributed by atoms with van der Waals surface area (Å²) in [6.07, 6.45) is 2.61. The molecule has 1 aliphatic heterocycles. The van der Waals surface area contributed by atoms with Crippen LogP contribution in [0.2, 0.25) is 0 Å². The van der Waals surface area contributed by atoms with Crippen molar-refractivity contribution in [1.82, 2.24) is 29.0 Å². The molecule has 236 valence electrons. The molecule has 0 bridgehead atoms. The number of carbonyl (C=O) groups is 1. The second-order valence-electron chi connectivity index (χ2n) is 11.3. The number of hydrogen-bond donors (Lipinski definition) is 0. The second-order valence-corrected chi connectivity index (χ2v) is 12.2. The van der Waals surface area contributed by atoms with Crippen LogP contribution in [0.4, 0.5) is 4.39 Å². The molecular formula is C30H37FN6O6S. The number of hydrogen-bond acceptors (Lipinski definition) is 9. The van der Waals surface area contributed by atoms with E-state index in [2.05, 4.69) is 10.2 Å². The van der Waals surface area contributed by atoms with Crippen LogP contribution < -0.4 is 16.0 Å². The van der Waals surface area contributed by atoms with Crippen LogP contribution in [0, 0.1) is 12.7 Å². The van der Waals surface area contributed by atoms with Crippen molar-refractivity contribution in [2.24, 2.45) is 0 Å². The lowest BCUT2D eigenvalue weighted by Gasteiger charge is -2.35. The summed E-state index contributed by atoms with van der Waals surface area (Å²) in [6.45, 7) is 10.1. The molecule has 4 heterocycles. The van der Waals surface area contributed by atoms with Crippen LogP contribution in [0.3, 0.4) is 0 Å². The zero-order valence-electron chi connectivity index (χ0n) is 25.7. The average Bonchev–Trinajstić information content (AvgIpc) is 3.66. The maximum atomic E-state index is 14.6. The van der Waals surface area contributed by atoms with E-state index >= 15 is 0 Å². The first-order valence-corrected chi connectivity index (χ1v) is 15.3. The zero-order chi connectivity index (χ0) is 31.8. The number of halogens is 1. The van der Waals surface area contributed by atoms with E-state index < -0.39 is 28.7 Å². The number of ether oxygens (including phenoxy) is 3. The van der Waals surface area contributed by atoms with Crippen LogP contribution in [0.25, 0.3) is 15.2 Å². The summed E-state index contributed by atoms with van der Waals surface area (Å²) in [5.41, 5.74) is -1.85. The van der Waals surface area contributed by atoms with Crippen molar-refractivity contribution < 1.29 is 23.4 Å². The Labute approximate surface area is 257 Å². The van der Waals surface area contributed by atoms with E-state index in [-0.39, 0.29) is 23.9 Å². The molecule has 5 rings (SSSR count). The largest absolute Gasteiger partial charge is 0.496 e. The predicted molar refractivity (Wildman–Crippen MR) is 163 cm³/mol. The van der Waals surface area contributed by atoms with Gasteiger partial charge in [0.05, 0.1) is 50.8 Å². The minimum Gasteiger partial charge on any atom is -0.496 e. The molecule has 1 fully saturated rings. The van der Waals surface area contributed by atoms with Gasteiger partial charge in [0.15, 0.2) is 0 Å². The lowest BCUT2D eigenvalue weighted by Crippen LogP contribution is -2.58. The van der Waals surface area contributed by atoms with Crippen molar-refractivity contribution in [2.75, 3.05) is 33.4 Å². The number of thiophene rings is 1. The standard InChI is InChI=1S/C30H37FN6O6S/c1-7-18(2)43-23(21-16-20(31)8-9-22(21)41-6)17-35-27-24(19(3)26(44-27)37-32-10-11-33-37)25(38)36(29(35)40)30(4,5)28(39)34-12-14-42-15-13-34/h8-11,16,18,23H,7,12-15,17H2,1-6H3/t18?,23-/m0/s1. The number of aryl methyl sites for hydroxylation is 1. The van der Waals surface area contributed by atoms with Gasteiger partial charge in [0, 0.05) is 24.2 Å². The Balaban J connectivity index is 1.77. The Morgan fingerprint density at radius 2 is 1.86 bits per heavy atom. The number of nitrogens with zero attached hydrogens (tertiary/aromatic N) is 6. The highest BCUT2D eigenvalue weighted by Gasteiger charge is 2.39. The number of aromatic nitrogens is 5. The van der Waals surface area contributed by atoms with Crippen LogP contribution in [-0.2, 0) is 26.4 Å². The van der Waals surface area contributed by atoms with Gasteiger partial charge in [-0.05, 0) is 52.3 Å². The molecule has 0 spiro atoms. The smallest absolute Gasteiger partial charge is 0.333 e. The average molecular weight is 629 g/mol. The van der Waals surface area contributed by atoms with E-state index in [9.17, 15) is 18.8 Å². The van der Waals surface area contributed by atoms with Crippen LogP contribution >= 0.6 is 11.3 Å². The Kier molecular flexibility index (Phi) is 9.05. The fraction of sp³-hybridized carbons (Fsp3) is 0.500. The lowest BCUT2D eigenvalue weighted by atomic mass is 10.0. The van der Waals surface area contributed by atoms with E-state index in [1.54, 1.807) is 25.7 Å². The van der Waals surface area contributed by atoms with Crippen molar-refractivity contribution >= 4 is 27.5 Å². The summed E-state index contributed by atoms with van der Waals surface area (Å²) in [5.74, 6) is -0.465. The molecule has 0 aliphatic carbocycles. The normalized spacial score (nSPS) is 15.5. The van der Waals surface area contributed by atoms with Gasteiger partial charge in [-0.2, -0.15) is 10.2 Å². The van der Waals surface area contributed by atoms with Crippen molar-refractivity contribution in [1.29, 1.82) is 0 Å². The monoisotopic (exact) mass is 628 g/mol. The van der Waals surface area contributed by atoms with Crippen LogP contribution in [0.15, 0.2) is 40.2 Å². The lowest BCUT2D eigenvalue weighted by molar-refractivity contribution is -0.143. The highest BCUT2D eigenvalue weighted by atomic mass is 32.1. The zero-order valence-corrected chi connectivity index (χ0v) is 26.5. The molecule has 4 aromatic rings. The minimum atomic E-state index is -1.54. The summed E-state index contributed by atoms with van der Waals surface area (Å²) in [6, 6.07) is 4.13. The molecule has 1 amide bonds. The Morgan fingerprint density at radius 1 is 1.18 bits per heavy atom. The highest BCUT2D eigenvalue weighted by molar-refractivity contribution is 7.21. The van der Waals surface area contributed by atoms with Gasteiger partial charge in [-0.3, -0.25) is 14.2 Å². The predicted octanol–water partition coefficient (Wildman–Crippen LogP) is 3.41. The van der Waals surface area contributed by atoms with Gasteiger partial charge in [-0.15, -0.1) is 4.80 Å². The van der Waals surface area contributed by atoms with Crippen molar-refractivity contribution in [3.05, 3.63) is 68.4 Å². The number of carbonyl (C=O) groups excluding carboxylic acids is 1. The topological polar surface area (TPSA) is 123 Å². The Bertz CT molecular complexity index is 1770. The fourth-order valence-corrected chi connectivity index (χ4v) is 6.68. The summed E-state index contributed by atoms with van der Waals surface area (Å²) < 4.78 is 34.4. The number of methoxy groups -OCH3 is 1. The van der Waals surface area contributed by atoms with E-state index in [4.69, 9.17) is 14.2 Å². The molecular weight excluding hydrogens is 591 g/mol. The number of rotatable bonds is 10. The number of morpholine rings is 1. The maximum Gasteiger partial charge on any atom is 0.333 e. The third-order valence-electron chi connectivity index (χ3n) is 8.03. The quantitative estimate of drug-likeness (QED) is 0.262. The van der Waals surface area contributed by atoms with E-state index in [1.165, 1.54) is 58.4 Å². The van der Waals surface area contributed by atoms with E-state index in [0.717, 1.165) is 4.57 Å². The second kappa shape index (κ2) is 12.6. The number of fused-ring (bicyclic) bond motifs is 1. The molecule has 0 N–H and O–H groups in total.